The van der Waals surface area contributed by atoms with Crippen molar-refractivity contribution in [3.63, 3.8) is 0 Å². The van der Waals surface area contributed by atoms with Crippen LogP contribution in [0.15, 0.2) is 39.2 Å². The fourth-order valence-corrected chi connectivity index (χ4v) is 2.96. The SMILES string of the molecule is CCCNC(CC)c1ccc(-c2ccc(C)cc2Br)o1. The van der Waals surface area contributed by atoms with E-state index in [1.165, 1.54) is 5.56 Å². The van der Waals surface area contributed by atoms with Crippen molar-refractivity contribution >= 4 is 15.9 Å². The van der Waals surface area contributed by atoms with Gasteiger partial charge in [-0.1, -0.05) is 35.8 Å². The Balaban J connectivity index is 2.23. The summed E-state index contributed by atoms with van der Waals surface area (Å²) in [6, 6.07) is 10.8. The van der Waals surface area contributed by atoms with E-state index in [1.807, 2.05) is 0 Å². The minimum atomic E-state index is 0.299. The van der Waals surface area contributed by atoms with Crippen LogP contribution in [0.1, 0.15) is 44.1 Å². The van der Waals surface area contributed by atoms with Crippen molar-refractivity contribution in [1.29, 1.82) is 0 Å². The van der Waals surface area contributed by atoms with Gasteiger partial charge >= 0.3 is 0 Å². The Labute approximate surface area is 129 Å². The Kier molecular flexibility index (Phi) is 5.44. The third-order valence-electron chi connectivity index (χ3n) is 3.41. The summed E-state index contributed by atoms with van der Waals surface area (Å²) in [4.78, 5) is 0. The van der Waals surface area contributed by atoms with E-state index in [0.29, 0.717) is 6.04 Å². The fraction of sp³-hybridized carbons (Fsp3) is 0.412. The molecule has 0 aliphatic heterocycles. The molecule has 1 aromatic heterocycles. The quantitative estimate of drug-likeness (QED) is 0.757. The molecular formula is C17H22BrNO. The van der Waals surface area contributed by atoms with E-state index in [1.54, 1.807) is 0 Å². The Morgan fingerprint density at radius 3 is 2.65 bits per heavy atom. The Bertz CT molecular complexity index is 562. The molecule has 1 heterocycles. The average Bonchev–Trinajstić information content (AvgIpc) is 2.89. The summed E-state index contributed by atoms with van der Waals surface area (Å²) >= 11 is 3.61. The minimum Gasteiger partial charge on any atom is -0.459 e. The van der Waals surface area contributed by atoms with Crippen molar-refractivity contribution < 1.29 is 4.42 Å². The summed E-state index contributed by atoms with van der Waals surface area (Å²) in [5, 5.41) is 3.52. The fourth-order valence-electron chi connectivity index (χ4n) is 2.27. The molecule has 0 fully saturated rings. The second kappa shape index (κ2) is 7.09. The molecule has 2 aromatic rings. The molecule has 1 unspecified atom stereocenters. The van der Waals surface area contributed by atoms with Crippen molar-refractivity contribution in [2.75, 3.05) is 6.54 Å². The molecule has 20 heavy (non-hydrogen) atoms. The van der Waals surface area contributed by atoms with Crippen molar-refractivity contribution in [1.82, 2.24) is 5.32 Å². The van der Waals surface area contributed by atoms with Gasteiger partial charge in [-0.05, 0) is 56.1 Å². The van der Waals surface area contributed by atoms with Crippen LogP contribution in [0.3, 0.4) is 0 Å². The van der Waals surface area contributed by atoms with Crippen LogP contribution in [0, 0.1) is 6.92 Å². The summed E-state index contributed by atoms with van der Waals surface area (Å²) in [6.07, 6.45) is 2.16. The van der Waals surface area contributed by atoms with E-state index < -0.39 is 0 Å². The maximum absolute atomic E-state index is 6.05. The van der Waals surface area contributed by atoms with Gasteiger partial charge in [0.05, 0.1) is 6.04 Å². The Morgan fingerprint density at radius 1 is 1.20 bits per heavy atom. The zero-order valence-electron chi connectivity index (χ0n) is 12.4. The molecule has 2 rings (SSSR count). The number of hydrogen-bond acceptors (Lipinski definition) is 2. The van der Waals surface area contributed by atoms with E-state index in [4.69, 9.17) is 4.42 Å². The lowest BCUT2D eigenvalue weighted by molar-refractivity contribution is 0.411. The summed E-state index contributed by atoms with van der Waals surface area (Å²) < 4.78 is 7.12. The van der Waals surface area contributed by atoms with Gasteiger partial charge in [-0.25, -0.2) is 0 Å². The van der Waals surface area contributed by atoms with E-state index >= 15 is 0 Å². The van der Waals surface area contributed by atoms with Gasteiger partial charge in [0, 0.05) is 10.0 Å². The van der Waals surface area contributed by atoms with Gasteiger partial charge < -0.3 is 9.73 Å². The molecule has 108 valence electrons. The first-order chi connectivity index (χ1) is 9.65. The number of furan rings is 1. The number of nitrogens with one attached hydrogen (secondary N) is 1. The molecule has 0 spiro atoms. The van der Waals surface area contributed by atoms with E-state index in [0.717, 1.165) is 40.9 Å². The number of hydrogen-bond donors (Lipinski definition) is 1. The van der Waals surface area contributed by atoms with Gasteiger partial charge in [0.25, 0.3) is 0 Å². The predicted octanol–water partition coefficient (Wildman–Crippen LogP) is 5.47. The summed E-state index contributed by atoms with van der Waals surface area (Å²) in [7, 11) is 0. The highest BCUT2D eigenvalue weighted by atomic mass is 79.9. The van der Waals surface area contributed by atoms with Gasteiger partial charge in [0.2, 0.25) is 0 Å². The first-order valence-corrected chi connectivity index (χ1v) is 8.04. The Morgan fingerprint density at radius 2 is 2.00 bits per heavy atom. The largest absolute Gasteiger partial charge is 0.459 e. The van der Waals surface area contributed by atoms with Crippen LogP contribution < -0.4 is 5.32 Å². The molecule has 0 saturated heterocycles. The van der Waals surface area contributed by atoms with E-state index in [9.17, 15) is 0 Å². The second-order valence-electron chi connectivity index (χ2n) is 5.10. The molecule has 0 aliphatic carbocycles. The van der Waals surface area contributed by atoms with Crippen LogP contribution in [0.2, 0.25) is 0 Å². The first-order valence-electron chi connectivity index (χ1n) is 7.25. The van der Waals surface area contributed by atoms with Crippen molar-refractivity contribution in [2.24, 2.45) is 0 Å². The van der Waals surface area contributed by atoms with Gasteiger partial charge in [-0.3, -0.25) is 0 Å². The summed E-state index contributed by atoms with van der Waals surface area (Å²) in [6.45, 7) is 7.46. The van der Waals surface area contributed by atoms with Crippen LogP contribution in [-0.4, -0.2) is 6.54 Å². The van der Waals surface area contributed by atoms with Crippen LogP contribution in [0.5, 0.6) is 0 Å². The minimum absolute atomic E-state index is 0.299. The molecule has 0 radical (unpaired) electrons. The molecule has 0 saturated carbocycles. The number of benzene rings is 1. The standard InChI is InChI=1S/C17H22BrNO/c1-4-10-19-15(5-2)17-9-8-16(20-17)13-7-6-12(3)11-14(13)18/h6-9,11,15,19H,4-5,10H2,1-3H3. The third-order valence-corrected chi connectivity index (χ3v) is 4.07. The van der Waals surface area contributed by atoms with Gasteiger partial charge in [0.1, 0.15) is 11.5 Å². The third kappa shape index (κ3) is 3.53. The highest BCUT2D eigenvalue weighted by Gasteiger charge is 2.14. The maximum Gasteiger partial charge on any atom is 0.135 e. The molecule has 3 heteroatoms. The zero-order valence-corrected chi connectivity index (χ0v) is 14.0. The number of aryl methyl sites for hydroxylation is 1. The number of rotatable bonds is 6. The summed E-state index contributed by atoms with van der Waals surface area (Å²) in [5.74, 6) is 1.94. The van der Waals surface area contributed by atoms with Crippen molar-refractivity contribution in [3.05, 3.63) is 46.1 Å². The second-order valence-corrected chi connectivity index (χ2v) is 5.95. The van der Waals surface area contributed by atoms with E-state index in [2.05, 4.69) is 72.3 Å². The lowest BCUT2D eigenvalue weighted by Gasteiger charge is -2.13. The van der Waals surface area contributed by atoms with Crippen LogP contribution in [-0.2, 0) is 0 Å². The molecule has 1 aromatic carbocycles. The highest BCUT2D eigenvalue weighted by molar-refractivity contribution is 9.10. The molecule has 0 aliphatic rings. The Hall–Kier alpha value is -1.06. The lowest BCUT2D eigenvalue weighted by Crippen LogP contribution is -2.20. The lowest BCUT2D eigenvalue weighted by atomic mass is 10.1. The van der Waals surface area contributed by atoms with Crippen LogP contribution >= 0.6 is 15.9 Å². The van der Waals surface area contributed by atoms with Gasteiger partial charge in [-0.2, -0.15) is 0 Å². The molecule has 2 nitrogen and oxygen atoms in total. The maximum atomic E-state index is 6.05. The molecular weight excluding hydrogens is 314 g/mol. The highest BCUT2D eigenvalue weighted by Crippen LogP contribution is 2.32. The van der Waals surface area contributed by atoms with Crippen LogP contribution in [0.25, 0.3) is 11.3 Å². The average molecular weight is 336 g/mol. The molecule has 0 bridgehead atoms. The van der Waals surface area contributed by atoms with Crippen molar-refractivity contribution in [3.8, 4) is 11.3 Å². The van der Waals surface area contributed by atoms with Crippen molar-refractivity contribution in [2.45, 2.75) is 39.7 Å². The number of halogens is 1. The first kappa shape index (κ1) is 15.3. The topological polar surface area (TPSA) is 25.2 Å². The monoisotopic (exact) mass is 335 g/mol. The predicted molar refractivity (Wildman–Crippen MR) is 87.9 cm³/mol. The van der Waals surface area contributed by atoms with E-state index in [-0.39, 0.29) is 0 Å². The van der Waals surface area contributed by atoms with Gasteiger partial charge in [0.15, 0.2) is 0 Å². The zero-order chi connectivity index (χ0) is 14.5. The molecule has 1 atom stereocenters. The van der Waals surface area contributed by atoms with Gasteiger partial charge in [-0.15, -0.1) is 0 Å². The smallest absolute Gasteiger partial charge is 0.135 e. The molecule has 1 N–H and O–H groups in total. The van der Waals surface area contributed by atoms with Crippen LogP contribution in [0.4, 0.5) is 0 Å². The summed E-state index contributed by atoms with van der Waals surface area (Å²) in [5.41, 5.74) is 2.34. The normalized spacial score (nSPS) is 12.6. The molecule has 0 amide bonds.